The monoisotopic (exact) mass is 247 g/mol. The smallest absolute Gasteiger partial charge is 0.0988 e. The third kappa shape index (κ3) is 3.91. The zero-order chi connectivity index (χ0) is 12.1. The molecule has 0 aliphatic carbocycles. The van der Waals surface area contributed by atoms with E-state index in [1.165, 1.54) is 0 Å². The number of rotatable bonds is 5. The zero-order valence-electron chi connectivity index (χ0n) is 10.2. The molecule has 0 aliphatic heterocycles. The Hall–Kier alpha value is -1.26. The maximum Gasteiger partial charge on any atom is 0.0988 e. The van der Waals surface area contributed by atoms with E-state index in [9.17, 15) is 0 Å². The highest BCUT2D eigenvalue weighted by atomic mass is 32.1. The van der Waals surface area contributed by atoms with Crippen LogP contribution in [0.1, 0.15) is 30.2 Å². The number of hydrogen-bond acceptors (Lipinski definition) is 4. The summed E-state index contributed by atoms with van der Waals surface area (Å²) in [5.41, 5.74) is 2.19. The number of aromatic nitrogens is 2. The Balaban J connectivity index is 1.94. The second-order valence-electron chi connectivity index (χ2n) is 4.27. The molecule has 0 atom stereocenters. The van der Waals surface area contributed by atoms with Gasteiger partial charge in [0.15, 0.2) is 0 Å². The van der Waals surface area contributed by atoms with Crippen LogP contribution in [-0.2, 0) is 13.0 Å². The van der Waals surface area contributed by atoms with E-state index in [0.29, 0.717) is 6.04 Å². The first-order valence-electron chi connectivity index (χ1n) is 5.80. The van der Waals surface area contributed by atoms with Crippen molar-refractivity contribution in [2.75, 3.05) is 0 Å². The van der Waals surface area contributed by atoms with Crippen molar-refractivity contribution in [3.63, 3.8) is 0 Å². The van der Waals surface area contributed by atoms with Gasteiger partial charge in [-0.1, -0.05) is 19.9 Å². The van der Waals surface area contributed by atoms with E-state index < -0.39 is 0 Å². The predicted octanol–water partition coefficient (Wildman–Crippen LogP) is 2.63. The summed E-state index contributed by atoms with van der Waals surface area (Å²) in [5.74, 6) is 0. The molecule has 0 aromatic carbocycles. The summed E-state index contributed by atoms with van der Waals surface area (Å²) in [7, 11) is 0. The van der Waals surface area contributed by atoms with Gasteiger partial charge < -0.3 is 5.32 Å². The van der Waals surface area contributed by atoms with Crippen molar-refractivity contribution in [2.24, 2.45) is 0 Å². The minimum Gasteiger partial charge on any atom is -0.309 e. The first kappa shape index (κ1) is 12.2. The van der Waals surface area contributed by atoms with Crippen molar-refractivity contribution in [1.29, 1.82) is 0 Å². The highest BCUT2D eigenvalue weighted by Gasteiger charge is 2.04. The van der Waals surface area contributed by atoms with E-state index in [0.717, 1.165) is 29.4 Å². The molecule has 2 rings (SSSR count). The third-order valence-electron chi connectivity index (χ3n) is 2.35. The summed E-state index contributed by atoms with van der Waals surface area (Å²) >= 11 is 1.70. The van der Waals surface area contributed by atoms with Crippen LogP contribution in [0.5, 0.6) is 0 Å². The summed E-state index contributed by atoms with van der Waals surface area (Å²) in [6, 6.07) is 6.48. The van der Waals surface area contributed by atoms with E-state index >= 15 is 0 Å². The average Bonchev–Trinajstić information content (AvgIpc) is 2.75. The highest BCUT2D eigenvalue weighted by Crippen LogP contribution is 2.13. The first-order chi connectivity index (χ1) is 8.24. The molecule has 3 nitrogen and oxygen atoms in total. The standard InChI is InChI=1S/C13H17N3S/c1-10(2)15-8-12-9-17-13(16-12)7-11-5-3-4-6-14-11/h3-6,9-10,15H,7-8H2,1-2H3. The SMILES string of the molecule is CC(C)NCc1csc(Cc2ccccn2)n1. The van der Waals surface area contributed by atoms with Crippen LogP contribution in [0.3, 0.4) is 0 Å². The summed E-state index contributed by atoms with van der Waals surface area (Å²) in [6.45, 7) is 5.12. The van der Waals surface area contributed by atoms with Gasteiger partial charge in [-0.25, -0.2) is 4.98 Å². The fourth-order valence-electron chi connectivity index (χ4n) is 1.48. The van der Waals surface area contributed by atoms with Gasteiger partial charge >= 0.3 is 0 Å². The molecule has 2 heterocycles. The van der Waals surface area contributed by atoms with Gasteiger partial charge in [0.05, 0.1) is 10.7 Å². The van der Waals surface area contributed by atoms with Crippen LogP contribution >= 0.6 is 11.3 Å². The number of nitrogens with one attached hydrogen (secondary N) is 1. The van der Waals surface area contributed by atoms with Crippen LogP contribution in [0.25, 0.3) is 0 Å². The minimum absolute atomic E-state index is 0.496. The molecular formula is C13H17N3S. The maximum absolute atomic E-state index is 4.59. The Morgan fingerprint density at radius 2 is 2.18 bits per heavy atom. The van der Waals surface area contributed by atoms with E-state index in [1.54, 1.807) is 11.3 Å². The molecule has 4 heteroatoms. The molecular weight excluding hydrogens is 230 g/mol. The summed E-state index contributed by atoms with van der Waals surface area (Å²) in [6.07, 6.45) is 2.65. The Bertz CT molecular complexity index is 451. The lowest BCUT2D eigenvalue weighted by atomic mass is 10.3. The summed E-state index contributed by atoms with van der Waals surface area (Å²) in [4.78, 5) is 8.90. The van der Waals surface area contributed by atoms with Crippen LogP contribution in [0.4, 0.5) is 0 Å². The molecule has 17 heavy (non-hydrogen) atoms. The topological polar surface area (TPSA) is 37.8 Å². The molecule has 90 valence electrons. The quantitative estimate of drug-likeness (QED) is 0.882. The van der Waals surface area contributed by atoms with Crippen molar-refractivity contribution in [2.45, 2.75) is 32.9 Å². The lowest BCUT2D eigenvalue weighted by Gasteiger charge is -2.04. The van der Waals surface area contributed by atoms with Crippen LogP contribution in [0.2, 0.25) is 0 Å². The maximum atomic E-state index is 4.59. The Labute approximate surface area is 106 Å². The van der Waals surface area contributed by atoms with Crippen molar-refractivity contribution in [3.8, 4) is 0 Å². The highest BCUT2D eigenvalue weighted by molar-refractivity contribution is 7.09. The summed E-state index contributed by atoms with van der Waals surface area (Å²) in [5, 5.41) is 6.62. The second kappa shape index (κ2) is 5.89. The van der Waals surface area contributed by atoms with Crippen molar-refractivity contribution < 1.29 is 0 Å². The van der Waals surface area contributed by atoms with Gasteiger partial charge in [0.1, 0.15) is 0 Å². The lowest BCUT2D eigenvalue weighted by molar-refractivity contribution is 0.582. The van der Waals surface area contributed by atoms with E-state index in [-0.39, 0.29) is 0 Å². The van der Waals surface area contributed by atoms with Crippen LogP contribution in [-0.4, -0.2) is 16.0 Å². The molecule has 0 unspecified atom stereocenters. The average molecular weight is 247 g/mol. The fourth-order valence-corrected chi connectivity index (χ4v) is 2.29. The molecule has 2 aromatic rings. The molecule has 0 bridgehead atoms. The van der Waals surface area contributed by atoms with E-state index in [4.69, 9.17) is 0 Å². The minimum atomic E-state index is 0.496. The Morgan fingerprint density at radius 1 is 1.29 bits per heavy atom. The van der Waals surface area contributed by atoms with Gasteiger partial charge in [-0.05, 0) is 12.1 Å². The molecule has 2 aromatic heterocycles. The van der Waals surface area contributed by atoms with Crippen molar-refractivity contribution in [3.05, 3.63) is 46.2 Å². The van der Waals surface area contributed by atoms with Crippen molar-refractivity contribution >= 4 is 11.3 Å². The summed E-state index contributed by atoms with van der Waals surface area (Å²) < 4.78 is 0. The molecule has 0 saturated carbocycles. The molecule has 0 spiro atoms. The number of pyridine rings is 1. The molecule has 0 amide bonds. The normalized spacial score (nSPS) is 11.0. The molecule has 0 radical (unpaired) electrons. The Kier molecular flexibility index (Phi) is 4.23. The molecule has 0 aliphatic rings. The van der Waals surface area contributed by atoms with Crippen LogP contribution in [0, 0.1) is 0 Å². The van der Waals surface area contributed by atoms with Crippen molar-refractivity contribution in [1.82, 2.24) is 15.3 Å². The molecule has 0 fully saturated rings. The van der Waals surface area contributed by atoms with Crippen LogP contribution < -0.4 is 5.32 Å². The number of thiazole rings is 1. The van der Waals surface area contributed by atoms with Gasteiger partial charge in [0.2, 0.25) is 0 Å². The molecule has 1 N–H and O–H groups in total. The van der Waals surface area contributed by atoms with Gasteiger partial charge in [-0.15, -0.1) is 11.3 Å². The van der Waals surface area contributed by atoms with E-state index in [2.05, 4.69) is 34.5 Å². The lowest BCUT2D eigenvalue weighted by Crippen LogP contribution is -2.21. The van der Waals surface area contributed by atoms with E-state index in [1.807, 2.05) is 24.4 Å². The van der Waals surface area contributed by atoms with Gasteiger partial charge in [-0.2, -0.15) is 0 Å². The first-order valence-corrected chi connectivity index (χ1v) is 6.68. The van der Waals surface area contributed by atoms with Crippen LogP contribution in [0.15, 0.2) is 29.8 Å². The molecule has 0 saturated heterocycles. The number of nitrogens with zero attached hydrogens (tertiary/aromatic N) is 2. The third-order valence-corrected chi connectivity index (χ3v) is 3.25. The zero-order valence-corrected chi connectivity index (χ0v) is 11.0. The number of hydrogen-bond donors (Lipinski definition) is 1. The van der Waals surface area contributed by atoms with Gasteiger partial charge in [-0.3, -0.25) is 4.98 Å². The van der Waals surface area contributed by atoms with Gasteiger partial charge in [0.25, 0.3) is 0 Å². The largest absolute Gasteiger partial charge is 0.309 e. The van der Waals surface area contributed by atoms with Gasteiger partial charge in [0, 0.05) is 36.3 Å². The predicted molar refractivity (Wildman–Crippen MR) is 71.1 cm³/mol. The second-order valence-corrected chi connectivity index (χ2v) is 5.21. The Morgan fingerprint density at radius 3 is 2.88 bits per heavy atom. The fraction of sp³-hybridized carbons (Fsp3) is 0.385.